The Morgan fingerprint density at radius 3 is 2.55 bits per heavy atom. The number of hydrogen-bond donors (Lipinski definition) is 1. The summed E-state index contributed by atoms with van der Waals surface area (Å²) in [4.78, 5) is 24.3. The van der Waals surface area contributed by atoms with E-state index in [0.29, 0.717) is 31.3 Å². The average Bonchev–Trinajstić information content (AvgIpc) is 2.43. The first-order chi connectivity index (χ1) is 10.4. The van der Waals surface area contributed by atoms with Crippen LogP contribution in [0, 0.1) is 5.41 Å². The predicted molar refractivity (Wildman–Crippen MR) is 89.1 cm³/mol. The summed E-state index contributed by atoms with van der Waals surface area (Å²) >= 11 is 1.55. The summed E-state index contributed by atoms with van der Waals surface area (Å²) in [6.45, 7) is 3.98. The molecule has 1 atom stereocenters. The summed E-state index contributed by atoms with van der Waals surface area (Å²) in [5, 5.41) is 10.2. The fourth-order valence-electron chi connectivity index (χ4n) is 2.81. The third-order valence-corrected chi connectivity index (χ3v) is 5.09. The molecular formula is C18H22O3S. The molecule has 0 spiro atoms. The number of aliphatic hydroxyl groups is 1. The molecule has 0 heterocycles. The molecule has 0 saturated heterocycles. The normalized spacial score (nSPS) is 19.1. The van der Waals surface area contributed by atoms with Crippen LogP contribution in [0.2, 0.25) is 0 Å². The van der Waals surface area contributed by atoms with Gasteiger partial charge < -0.3 is 9.90 Å². The molecule has 1 aromatic carbocycles. The molecule has 1 unspecified atom stereocenters. The lowest BCUT2D eigenvalue weighted by Crippen LogP contribution is -2.30. The number of benzene rings is 1. The van der Waals surface area contributed by atoms with E-state index < -0.39 is 0 Å². The number of rotatable bonds is 6. The lowest BCUT2D eigenvalue weighted by atomic mass is 9.75. The summed E-state index contributed by atoms with van der Waals surface area (Å²) in [6.07, 6.45) is 2.78. The molecular weight excluding hydrogens is 296 g/mol. The summed E-state index contributed by atoms with van der Waals surface area (Å²) in [5.74, 6) is 0.202. The van der Waals surface area contributed by atoms with Gasteiger partial charge >= 0.3 is 0 Å². The van der Waals surface area contributed by atoms with E-state index in [1.165, 1.54) is 0 Å². The van der Waals surface area contributed by atoms with E-state index in [1.54, 1.807) is 11.8 Å². The molecule has 0 saturated carbocycles. The molecule has 1 aliphatic rings. The van der Waals surface area contributed by atoms with E-state index in [9.17, 15) is 14.7 Å². The molecule has 0 fully saturated rings. The number of allylic oxidation sites excluding steroid dienone is 1. The molecule has 0 amide bonds. The molecule has 1 aliphatic carbocycles. The molecule has 0 aliphatic heterocycles. The number of carbonyl (C=O) groups is 2. The van der Waals surface area contributed by atoms with Crippen molar-refractivity contribution in [3.05, 3.63) is 41.7 Å². The van der Waals surface area contributed by atoms with E-state index in [-0.39, 0.29) is 22.2 Å². The van der Waals surface area contributed by atoms with Crippen LogP contribution < -0.4 is 0 Å². The fourth-order valence-corrected chi connectivity index (χ4v) is 4.09. The van der Waals surface area contributed by atoms with Crippen molar-refractivity contribution in [1.29, 1.82) is 0 Å². The molecule has 118 valence electrons. The monoisotopic (exact) mass is 318 g/mol. The standard InChI is InChI=1S/C18H22O3S/c1-18(2)11-14(20)17(15(21)12-18)16(9-6-10-19)22-13-7-4-3-5-8-13/h3-5,7-8,10,16,20H,6,9,11-12H2,1-2H3. The van der Waals surface area contributed by atoms with E-state index in [0.717, 1.165) is 11.2 Å². The van der Waals surface area contributed by atoms with E-state index in [1.807, 2.05) is 44.2 Å². The molecule has 1 N–H and O–H groups in total. The van der Waals surface area contributed by atoms with Crippen LogP contribution in [0.4, 0.5) is 0 Å². The molecule has 22 heavy (non-hydrogen) atoms. The molecule has 1 aromatic rings. The lowest BCUT2D eigenvalue weighted by Gasteiger charge is -2.32. The van der Waals surface area contributed by atoms with Gasteiger partial charge in [-0.3, -0.25) is 4.79 Å². The number of Topliss-reactive ketones (excluding diaryl/α,β-unsaturated/α-hetero) is 1. The van der Waals surface area contributed by atoms with Gasteiger partial charge in [-0.15, -0.1) is 11.8 Å². The van der Waals surface area contributed by atoms with Crippen molar-refractivity contribution in [3.8, 4) is 0 Å². The zero-order chi connectivity index (χ0) is 16.2. The molecule has 0 radical (unpaired) electrons. The Morgan fingerprint density at radius 1 is 1.27 bits per heavy atom. The Hall–Kier alpha value is -1.55. The van der Waals surface area contributed by atoms with E-state index in [4.69, 9.17) is 0 Å². The first kappa shape index (κ1) is 16.8. The minimum atomic E-state index is -0.197. The summed E-state index contributed by atoms with van der Waals surface area (Å²) in [5.41, 5.74) is 0.312. The molecule has 0 aromatic heterocycles. The quantitative estimate of drug-likeness (QED) is 0.626. The Kier molecular flexibility index (Phi) is 5.46. The number of carbonyl (C=O) groups excluding carboxylic acids is 2. The SMILES string of the molecule is CC1(C)CC(=O)C(C(CCC=O)Sc2ccccc2)=C(O)C1. The number of hydrogen-bond acceptors (Lipinski definition) is 4. The Labute approximate surface area is 135 Å². The van der Waals surface area contributed by atoms with Crippen LogP contribution in [0.5, 0.6) is 0 Å². The van der Waals surface area contributed by atoms with Gasteiger partial charge in [0.2, 0.25) is 0 Å². The highest BCUT2D eigenvalue weighted by atomic mass is 32.2. The van der Waals surface area contributed by atoms with Crippen molar-refractivity contribution in [2.45, 2.75) is 49.7 Å². The van der Waals surface area contributed by atoms with Crippen molar-refractivity contribution < 1.29 is 14.7 Å². The second kappa shape index (κ2) is 7.14. The maximum absolute atomic E-state index is 12.5. The van der Waals surface area contributed by atoms with Crippen LogP contribution in [-0.2, 0) is 9.59 Å². The topological polar surface area (TPSA) is 54.4 Å². The van der Waals surface area contributed by atoms with Crippen LogP contribution in [0.1, 0.15) is 39.5 Å². The molecule has 4 heteroatoms. The van der Waals surface area contributed by atoms with Gasteiger partial charge in [0.05, 0.1) is 0 Å². The fraction of sp³-hybridized carbons (Fsp3) is 0.444. The second-order valence-corrected chi connectivity index (χ2v) is 7.74. The van der Waals surface area contributed by atoms with Crippen LogP contribution in [0.3, 0.4) is 0 Å². The Balaban J connectivity index is 2.28. The van der Waals surface area contributed by atoms with Crippen molar-refractivity contribution in [2.75, 3.05) is 0 Å². The third-order valence-electron chi connectivity index (χ3n) is 3.79. The summed E-state index contributed by atoms with van der Waals surface area (Å²) < 4.78 is 0. The number of aldehydes is 1. The first-order valence-corrected chi connectivity index (χ1v) is 8.41. The van der Waals surface area contributed by atoms with Gasteiger partial charge in [0.15, 0.2) is 5.78 Å². The van der Waals surface area contributed by atoms with Crippen molar-refractivity contribution in [1.82, 2.24) is 0 Å². The molecule has 3 nitrogen and oxygen atoms in total. The van der Waals surface area contributed by atoms with Crippen molar-refractivity contribution in [2.24, 2.45) is 5.41 Å². The highest BCUT2D eigenvalue weighted by molar-refractivity contribution is 8.00. The number of aliphatic hydroxyl groups excluding tert-OH is 1. The largest absolute Gasteiger partial charge is 0.512 e. The van der Waals surface area contributed by atoms with Gasteiger partial charge in [0.1, 0.15) is 12.0 Å². The zero-order valence-electron chi connectivity index (χ0n) is 13.0. The lowest BCUT2D eigenvalue weighted by molar-refractivity contribution is -0.118. The van der Waals surface area contributed by atoms with Crippen molar-refractivity contribution in [3.63, 3.8) is 0 Å². The highest BCUT2D eigenvalue weighted by Crippen LogP contribution is 2.41. The van der Waals surface area contributed by atoms with E-state index >= 15 is 0 Å². The average molecular weight is 318 g/mol. The van der Waals surface area contributed by atoms with Gasteiger partial charge in [0, 0.05) is 35.0 Å². The number of ketones is 1. The van der Waals surface area contributed by atoms with Crippen LogP contribution in [-0.4, -0.2) is 22.4 Å². The minimum absolute atomic E-state index is 0.00748. The summed E-state index contributed by atoms with van der Waals surface area (Å²) in [7, 11) is 0. The predicted octanol–water partition coefficient (Wildman–Crippen LogP) is 4.33. The van der Waals surface area contributed by atoms with Gasteiger partial charge in [-0.05, 0) is 24.0 Å². The van der Waals surface area contributed by atoms with Gasteiger partial charge in [-0.2, -0.15) is 0 Å². The molecule has 2 rings (SSSR count). The maximum Gasteiger partial charge on any atom is 0.163 e. The Morgan fingerprint density at radius 2 is 1.95 bits per heavy atom. The van der Waals surface area contributed by atoms with Gasteiger partial charge in [-0.1, -0.05) is 32.0 Å². The summed E-state index contributed by atoms with van der Waals surface area (Å²) in [6, 6.07) is 9.79. The molecule has 0 bridgehead atoms. The third kappa shape index (κ3) is 4.23. The van der Waals surface area contributed by atoms with Crippen LogP contribution in [0.25, 0.3) is 0 Å². The highest BCUT2D eigenvalue weighted by Gasteiger charge is 2.36. The van der Waals surface area contributed by atoms with Crippen molar-refractivity contribution >= 4 is 23.8 Å². The van der Waals surface area contributed by atoms with Gasteiger partial charge in [0.25, 0.3) is 0 Å². The maximum atomic E-state index is 12.5. The van der Waals surface area contributed by atoms with E-state index in [2.05, 4.69) is 0 Å². The van der Waals surface area contributed by atoms with Gasteiger partial charge in [-0.25, -0.2) is 0 Å². The second-order valence-electron chi connectivity index (χ2n) is 6.46. The zero-order valence-corrected chi connectivity index (χ0v) is 13.9. The minimum Gasteiger partial charge on any atom is -0.512 e. The first-order valence-electron chi connectivity index (χ1n) is 7.53. The smallest absolute Gasteiger partial charge is 0.163 e. The van der Waals surface area contributed by atoms with Crippen LogP contribution in [0.15, 0.2) is 46.6 Å². The Bertz CT molecular complexity index is 575. The van der Waals surface area contributed by atoms with Crippen LogP contribution >= 0.6 is 11.8 Å². The number of thioether (sulfide) groups is 1.